The van der Waals surface area contributed by atoms with Crippen molar-refractivity contribution in [1.29, 1.82) is 5.26 Å². The summed E-state index contributed by atoms with van der Waals surface area (Å²) in [6.07, 6.45) is 0.844. The van der Waals surface area contributed by atoms with Crippen LogP contribution in [-0.4, -0.2) is 25.7 Å². The van der Waals surface area contributed by atoms with Crippen LogP contribution in [0.15, 0.2) is 18.2 Å². The molecule has 0 aliphatic carbocycles. The lowest BCUT2D eigenvalue weighted by molar-refractivity contribution is 0.153. The van der Waals surface area contributed by atoms with Crippen LogP contribution in [0.5, 0.6) is 5.75 Å². The van der Waals surface area contributed by atoms with Gasteiger partial charge < -0.3 is 15.4 Å². The summed E-state index contributed by atoms with van der Waals surface area (Å²) in [7, 11) is 2.02. The fourth-order valence-corrected chi connectivity index (χ4v) is 2.20. The number of hydrogen-bond donors (Lipinski definition) is 1. The number of rotatable bonds is 2. The number of nitrogens with zero attached hydrogens (tertiary/aromatic N) is 2. The molecule has 2 rings (SSSR count). The van der Waals surface area contributed by atoms with Gasteiger partial charge in [0.2, 0.25) is 0 Å². The summed E-state index contributed by atoms with van der Waals surface area (Å²) >= 11 is 0. The maximum absolute atomic E-state index is 9.09. The Kier molecular flexibility index (Phi) is 3.21. The maximum Gasteiger partial charge on any atom is 0.160 e. The number of fused-ring (bicyclic) bond motifs is 1. The van der Waals surface area contributed by atoms with Gasteiger partial charge in [0.25, 0.3) is 0 Å². The Morgan fingerprint density at radius 3 is 2.94 bits per heavy atom. The first kappa shape index (κ1) is 11.7. The molecule has 2 unspecified atom stereocenters. The molecular formula is C13H17N3O. The summed E-state index contributed by atoms with van der Waals surface area (Å²) in [5.74, 6) is 0.689. The van der Waals surface area contributed by atoms with Gasteiger partial charge in [-0.2, -0.15) is 5.26 Å². The van der Waals surface area contributed by atoms with E-state index in [0.717, 1.165) is 12.1 Å². The summed E-state index contributed by atoms with van der Waals surface area (Å²) in [6.45, 7) is 2.70. The Morgan fingerprint density at radius 2 is 2.29 bits per heavy atom. The van der Waals surface area contributed by atoms with Crippen LogP contribution >= 0.6 is 0 Å². The van der Waals surface area contributed by atoms with Crippen LogP contribution in [0.2, 0.25) is 0 Å². The third kappa shape index (κ3) is 1.94. The SMILES string of the molecule is CC1C(CCN)Oc2c(C#N)cccc2N1C. The second kappa shape index (κ2) is 4.64. The van der Waals surface area contributed by atoms with E-state index in [1.54, 1.807) is 6.07 Å². The number of ether oxygens (including phenoxy) is 1. The Morgan fingerprint density at radius 1 is 1.53 bits per heavy atom. The van der Waals surface area contributed by atoms with Gasteiger partial charge in [0.15, 0.2) is 5.75 Å². The Bertz CT molecular complexity index is 452. The van der Waals surface area contributed by atoms with Gasteiger partial charge in [0.05, 0.1) is 17.3 Å². The lowest BCUT2D eigenvalue weighted by atomic mass is 10.0. The highest BCUT2D eigenvalue weighted by molar-refractivity contribution is 5.66. The second-order valence-electron chi connectivity index (χ2n) is 4.35. The standard InChI is InChI=1S/C13H17N3O/c1-9-12(6-7-14)17-13-10(8-15)4-3-5-11(13)16(9)2/h3-5,9,12H,6-7,14H2,1-2H3. The van der Waals surface area contributed by atoms with Gasteiger partial charge in [0, 0.05) is 7.05 Å². The van der Waals surface area contributed by atoms with E-state index in [1.807, 2.05) is 19.2 Å². The molecule has 0 bridgehead atoms. The van der Waals surface area contributed by atoms with E-state index in [2.05, 4.69) is 17.9 Å². The maximum atomic E-state index is 9.09. The molecule has 0 spiro atoms. The molecule has 1 aromatic carbocycles. The molecule has 2 N–H and O–H groups in total. The monoisotopic (exact) mass is 231 g/mol. The highest BCUT2D eigenvalue weighted by Gasteiger charge is 2.31. The van der Waals surface area contributed by atoms with Crippen molar-refractivity contribution in [1.82, 2.24) is 0 Å². The van der Waals surface area contributed by atoms with Crippen LogP contribution in [-0.2, 0) is 0 Å². The van der Waals surface area contributed by atoms with E-state index in [1.165, 1.54) is 0 Å². The zero-order valence-electron chi connectivity index (χ0n) is 10.2. The van der Waals surface area contributed by atoms with Gasteiger partial charge in [-0.1, -0.05) is 6.07 Å². The summed E-state index contributed by atoms with van der Waals surface area (Å²) in [4.78, 5) is 2.15. The lowest BCUT2D eigenvalue weighted by Gasteiger charge is -2.40. The topological polar surface area (TPSA) is 62.3 Å². The van der Waals surface area contributed by atoms with Crippen LogP contribution < -0.4 is 15.4 Å². The van der Waals surface area contributed by atoms with Crippen molar-refractivity contribution in [2.75, 3.05) is 18.5 Å². The second-order valence-corrected chi connectivity index (χ2v) is 4.35. The summed E-state index contributed by atoms with van der Waals surface area (Å²) < 4.78 is 5.93. The van der Waals surface area contributed by atoms with Crippen molar-refractivity contribution in [2.24, 2.45) is 5.73 Å². The molecule has 0 fully saturated rings. The lowest BCUT2D eigenvalue weighted by Crippen LogP contribution is -2.47. The molecule has 1 aromatic rings. The minimum Gasteiger partial charge on any atom is -0.485 e. The van der Waals surface area contributed by atoms with Crippen LogP contribution in [0.4, 0.5) is 5.69 Å². The van der Waals surface area contributed by atoms with E-state index in [-0.39, 0.29) is 12.1 Å². The Hall–Kier alpha value is -1.73. The van der Waals surface area contributed by atoms with E-state index in [9.17, 15) is 0 Å². The predicted molar refractivity (Wildman–Crippen MR) is 67.1 cm³/mol. The fourth-order valence-electron chi connectivity index (χ4n) is 2.20. The number of nitrogens with two attached hydrogens (primary N) is 1. The van der Waals surface area contributed by atoms with Gasteiger partial charge in [-0.15, -0.1) is 0 Å². The van der Waals surface area contributed by atoms with Gasteiger partial charge >= 0.3 is 0 Å². The molecule has 0 radical (unpaired) electrons. The number of para-hydroxylation sites is 1. The van der Waals surface area contributed by atoms with Crippen molar-refractivity contribution in [2.45, 2.75) is 25.5 Å². The van der Waals surface area contributed by atoms with Crippen molar-refractivity contribution in [3.8, 4) is 11.8 Å². The third-order valence-corrected chi connectivity index (χ3v) is 3.36. The molecule has 17 heavy (non-hydrogen) atoms. The molecule has 90 valence electrons. The molecule has 4 heteroatoms. The zero-order chi connectivity index (χ0) is 12.4. The molecule has 1 heterocycles. The normalized spacial score (nSPS) is 22.6. The first-order chi connectivity index (χ1) is 8.19. The van der Waals surface area contributed by atoms with Gasteiger partial charge in [-0.25, -0.2) is 0 Å². The van der Waals surface area contributed by atoms with E-state index >= 15 is 0 Å². The largest absolute Gasteiger partial charge is 0.485 e. The highest BCUT2D eigenvalue weighted by Crippen LogP contribution is 2.38. The van der Waals surface area contributed by atoms with Crippen molar-refractivity contribution < 1.29 is 4.74 Å². The quantitative estimate of drug-likeness (QED) is 0.837. The first-order valence-electron chi connectivity index (χ1n) is 5.81. The van der Waals surface area contributed by atoms with E-state index in [4.69, 9.17) is 15.7 Å². The van der Waals surface area contributed by atoms with Crippen LogP contribution in [0.25, 0.3) is 0 Å². The minimum absolute atomic E-state index is 0.0481. The molecule has 2 atom stereocenters. The smallest absolute Gasteiger partial charge is 0.160 e. The predicted octanol–water partition coefficient (Wildman–Crippen LogP) is 1.49. The molecule has 1 aliphatic rings. The number of nitriles is 1. The van der Waals surface area contributed by atoms with Crippen LogP contribution in [0.3, 0.4) is 0 Å². The molecule has 0 aromatic heterocycles. The van der Waals surface area contributed by atoms with Crippen molar-refractivity contribution in [3.05, 3.63) is 23.8 Å². The number of benzene rings is 1. The molecule has 4 nitrogen and oxygen atoms in total. The van der Waals surface area contributed by atoms with Crippen LogP contribution in [0, 0.1) is 11.3 Å². The average Bonchev–Trinajstić information content (AvgIpc) is 2.35. The van der Waals surface area contributed by atoms with Crippen LogP contribution in [0.1, 0.15) is 18.9 Å². The summed E-state index contributed by atoms with van der Waals surface area (Å²) in [5, 5.41) is 9.09. The van der Waals surface area contributed by atoms with Crippen molar-refractivity contribution >= 4 is 5.69 Å². The Labute approximate surface area is 102 Å². The van der Waals surface area contributed by atoms with Gasteiger partial charge in [-0.05, 0) is 32.0 Å². The fraction of sp³-hybridized carbons (Fsp3) is 0.462. The molecule has 0 saturated heterocycles. The molecular weight excluding hydrogens is 214 g/mol. The number of likely N-dealkylation sites (N-methyl/N-ethyl adjacent to an activating group) is 1. The van der Waals surface area contributed by atoms with Gasteiger partial charge in [-0.3, -0.25) is 0 Å². The Balaban J connectivity index is 2.42. The van der Waals surface area contributed by atoms with Crippen molar-refractivity contribution in [3.63, 3.8) is 0 Å². The third-order valence-electron chi connectivity index (χ3n) is 3.36. The summed E-state index contributed by atoms with van der Waals surface area (Å²) in [6, 6.07) is 8.07. The number of hydrogen-bond acceptors (Lipinski definition) is 4. The zero-order valence-corrected chi connectivity index (χ0v) is 10.2. The van der Waals surface area contributed by atoms with Gasteiger partial charge in [0.1, 0.15) is 12.2 Å². The average molecular weight is 231 g/mol. The first-order valence-corrected chi connectivity index (χ1v) is 5.81. The molecule has 1 aliphatic heterocycles. The minimum atomic E-state index is 0.0481. The van der Waals surface area contributed by atoms with E-state index in [0.29, 0.717) is 17.9 Å². The van der Waals surface area contributed by atoms with E-state index < -0.39 is 0 Å². The molecule has 0 amide bonds. The summed E-state index contributed by atoms with van der Waals surface area (Å²) in [5.41, 5.74) is 7.16. The molecule has 0 saturated carbocycles. The highest BCUT2D eigenvalue weighted by atomic mass is 16.5. The number of anilines is 1.